The summed E-state index contributed by atoms with van der Waals surface area (Å²) in [5.41, 5.74) is 1.13. The van der Waals surface area contributed by atoms with Crippen molar-refractivity contribution in [3.63, 3.8) is 0 Å². The summed E-state index contributed by atoms with van der Waals surface area (Å²) in [6.07, 6.45) is 0. The number of carbonyl (C=O) groups excluding carboxylic acids is 1. The van der Waals surface area contributed by atoms with Crippen molar-refractivity contribution in [1.29, 1.82) is 0 Å². The second kappa shape index (κ2) is 14.7. The number of nitrogens with zero attached hydrogens (tertiary/aromatic N) is 4. The molecule has 3 rings (SSSR count). The van der Waals surface area contributed by atoms with Gasteiger partial charge in [-0.1, -0.05) is 25.2 Å². The Morgan fingerprint density at radius 3 is 2.10 bits per heavy atom. The number of anilines is 1. The Labute approximate surface area is 235 Å². The molecule has 0 aliphatic carbocycles. The molecule has 0 saturated heterocycles. The van der Waals surface area contributed by atoms with Crippen LogP contribution in [0.1, 0.15) is 24.2 Å². The molecule has 0 unspecified atom stereocenters. The molecule has 1 amide bonds. The molecule has 1 aromatic heterocycles. The fourth-order valence-electron chi connectivity index (χ4n) is 4.02. The van der Waals surface area contributed by atoms with Crippen LogP contribution in [0.4, 0.5) is 5.13 Å². The van der Waals surface area contributed by atoms with Crippen molar-refractivity contribution in [2.75, 3.05) is 78.7 Å². The molecule has 214 valence electrons. The molecule has 0 spiro atoms. The number of thiazole rings is 1. The molecule has 0 bridgehead atoms. The number of amides is 1. The van der Waals surface area contributed by atoms with Crippen LogP contribution in [0.3, 0.4) is 0 Å². The summed E-state index contributed by atoms with van der Waals surface area (Å²) in [6, 6.07) is 11.7. The first-order chi connectivity index (χ1) is 18.8. The first kappa shape index (κ1) is 30.9. The van der Waals surface area contributed by atoms with Gasteiger partial charge in [0.05, 0.1) is 35.4 Å². The fourth-order valence-corrected chi connectivity index (χ4v) is 6.39. The van der Waals surface area contributed by atoms with Crippen LogP contribution in [0, 0.1) is 0 Å². The van der Waals surface area contributed by atoms with Gasteiger partial charge in [0.25, 0.3) is 5.91 Å². The average molecular weight is 579 g/mol. The molecule has 0 aliphatic heterocycles. The van der Waals surface area contributed by atoms with Crippen LogP contribution >= 0.6 is 11.3 Å². The van der Waals surface area contributed by atoms with E-state index in [-0.39, 0.29) is 37.1 Å². The van der Waals surface area contributed by atoms with Gasteiger partial charge in [-0.3, -0.25) is 9.69 Å². The molecule has 10 nitrogen and oxygen atoms in total. The lowest BCUT2D eigenvalue weighted by Gasteiger charge is -2.25. The van der Waals surface area contributed by atoms with Crippen molar-refractivity contribution in [3.05, 3.63) is 48.0 Å². The highest BCUT2D eigenvalue weighted by molar-refractivity contribution is 7.89. The predicted molar refractivity (Wildman–Crippen MR) is 155 cm³/mol. The van der Waals surface area contributed by atoms with Gasteiger partial charge in [0, 0.05) is 52.0 Å². The molecule has 2 aromatic carbocycles. The molecule has 0 aliphatic rings. The van der Waals surface area contributed by atoms with E-state index in [2.05, 4.69) is 18.7 Å². The highest BCUT2D eigenvalue weighted by Crippen LogP contribution is 2.32. The van der Waals surface area contributed by atoms with Crippen LogP contribution in [0.2, 0.25) is 0 Å². The zero-order valence-electron chi connectivity index (χ0n) is 23.3. The molecule has 0 saturated carbocycles. The van der Waals surface area contributed by atoms with E-state index < -0.39 is 10.0 Å². The molecule has 39 heavy (non-hydrogen) atoms. The summed E-state index contributed by atoms with van der Waals surface area (Å²) in [4.78, 5) is 22.5. The Hall–Kier alpha value is -2.61. The maximum absolute atomic E-state index is 13.8. The molecular formula is C27H38N4O6S2. The van der Waals surface area contributed by atoms with Crippen LogP contribution in [-0.2, 0) is 19.5 Å². The molecule has 3 aromatic rings. The first-order valence-electron chi connectivity index (χ1n) is 12.9. The van der Waals surface area contributed by atoms with Crippen LogP contribution in [0.25, 0.3) is 10.2 Å². The molecule has 0 N–H and O–H groups in total. The standard InChI is InChI=1S/C27H38N4O6S2/c1-6-29(7-2)14-15-31(27-28-24-20-22(37-5)10-13-25(24)38-27)26(32)21-8-11-23(12-9-21)39(33,34)30(16-18-35-3)17-19-36-4/h8-13,20H,6-7,14-19H2,1-5H3. The second-order valence-corrected chi connectivity index (χ2v) is 11.7. The third kappa shape index (κ3) is 7.74. The minimum absolute atomic E-state index is 0.105. The largest absolute Gasteiger partial charge is 0.497 e. The number of sulfonamides is 1. The molecule has 12 heteroatoms. The Morgan fingerprint density at radius 2 is 1.54 bits per heavy atom. The van der Waals surface area contributed by atoms with E-state index in [1.165, 1.54) is 42.0 Å². The average Bonchev–Trinajstić information content (AvgIpc) is 3.38. The number of hydrogen-bond acceptors (Lipinski definition) is 9. The summed E-state index contributed by atoms with van der Waals surface area (Å²) in [6.45, 7) is 7.94. The maximum atomic E-state index is 13.8. The number of likely N-dealkylation sites (N-methyl/N-ethyl adjacent to an activating group) is 1. The Balaban J connectivity index is 1.91. The summed E-state index contributed by atoms with van der Waals surface area (Å²) in [5, 5.41) is 0.581. The van der Waals surface area contributed by atoms with Gasteiger partial charge in [0.15, 0.2) is 5.13 Å². The van der Waals surface area contributed by atoms with Gasteiger partial charge in [-0.2, -0.15) is 4.31 Å². The summed E-state index contributed by atoms with van der Waals surface area (Å²) >= 11 is 1.43. The van der Waals surface area contributed by atoms with Crippen molar-refractivity contribution >= 4 is 42.6 Å². The lowest BCUT2D eigenvalue weighted by molar-refractivity contribution is 0.0983. The maximum Gasteiger partial charge on any atom is 0.260 e. The minimum atomic E-state index is -3.79. The minimum Gasteiger partial charge on any atom is -0.497 e. The van der Waals surface area contributed by atoms with E-state index in [9.17, 15) is 13.2 Å². The van der Waals surface area contributed by atoms with Gasteiger partial charge in [0.1, 0.15) is 5.75 Å². The third-order valence-corrected chi connectivity index (χ3v) is 9.39. The number of carbonyl (C=O) groups is 1. The van der Waals surface area contributed by atoms with Gasteiger partial charge in [-0.25, -0.2) is 13.4 Å². The van der Waals surface area contributed by atoms with E-state index in [1.54, 1.807) is 24.1 Å². The zero-order chi connectivity index (χ0) is 28.4. The van der Waals surface area contributed by atoms with E-state index >= 15 is 0 Å². The van der Waals surface area contributed by atoms with Gasteiger partial charge >= 0.3 is 0 Å². The number of benzene rings is 2. The smallest absolute Gasteiger partial charge is 0.260 e. The summed E-state index contributed by atoms with van der Waals surface area (Å²) in [7, 11) is 0.857. The second-order valence-electron chi connectivity index (χ2n) is 8.73. The molecular weight excluding hydrogens is 540 g/mol. The Morgan fingerprint density at radius 1 is 0.897 bits per heavy atom. The fraction of sp³-hybridized carbons (Fsp3) is 0.481. The molecule has 0 fully saturated rings. The van der Waals surface area contributed by atoms with E-state index in [0.717, 1.165) is 23.3 Å². The van der Waals surface area contributed by atoms with Crippen molar-refractivity contribution < 1.29 is 27.4 Å². The zero-order valence-corrected chi connectivity index (χ0v) is 24.9. The number of fused-ring (bicyclic) bond motifs is 1. The van der Waals surface area contributed by atoms with Crippen LogP contribution in [0.15, 0.2) is 47.4 Å². The van der Waals surface area contributed by atoms with Crippen LogP contribution < -0.4 is 9.64 Å². The highest BCUT2D eigenvalue weighted by atomic mass is 32.2. The van der Waals surface area contributed by atoms with E-state index in [1.807, 2.05) is 18.2 Å². The summed E-state index contributed by atoms with van der Waals surface area (Å²) < 4.78 is 44.3. The number of ether oxygens (including phenoxy) is 3. The number of aromatic nitrogens is 1. The number of methoxy groups -OCH3 is 3. The SMILES string of the molecule is CCN(CC)CCN(C(=O)c1ccc(S(=O)(=O)N(CCOC)CCOC)cc1)c1nc2cc(OC)ccc2s1. The van der Waals surface area contributed by atoms with Crippen LogP contribution in [-0.4, -0.2) is 102 Å². The molecule has 1 heterocycles. The van der Waals surface area contributed by atoms with Crippen molar-refractivity contribution in [2.45, 2.75) is 18.7 Å². The monoisotopic (exact) mass is 578 g/mol. The van der Waals surface area contributed by atoms with E-state index in [0.29, 0.717) is 29.5 Å². The highest BCUT2D eigenvalue weighted by Gasteiger charge is 2.26. The van der Waals surface area contributed by atoms with Gasteiger partial charge in [0.2, 0.25) is 10.0 Å². The topological polar surface area (TPSA) is 102 Å². The quantitative estimate of drug-likeness (QED) is 0.254. The number of hydrogen-bond donors (Lipinski definition) is 0. The van der Waals surface area contributed by atoms with Crippen molar-refractivity contribution in [3.8, 4) is 5.75 Å². The van der Waals surface area contributed by atoms with Gasteiger partial charge < -0.3 is 19.1 Å². The molecule has 0 radical (unpaired) electrons. The third-order valence-electron chi connectivity index (χ3n) is 6.42. The number of rotatable bonds is 16. The Bertz CT molecular complexity index is 1300. The summed E-state index contributed by atoms with van der Waals surface area (Å²) in [5.74, 6) is 0.454. The predicted octanol–water partition coefficient (Wildman–Crippen LogP) is 3.58. The van der Waals surface area contributed by atoms with Gasteiger partial charge in [-0.05, 0) is 49.5 Å². The first-order valence-corrected chi connectivity index (χ1v) is 15.1. The van der Waals surface area contributed by atoms with Gasteiger partial charge in [-0.15, -0.1) is 0 Å². The lowest BCUT2D eigenvalue weighted by atomic mass is 10.2. The normalized spacial score (nSPS) is 12.0. The Kier molecular flexibility index (Phi) is 11.6. The lowest BCUT2D eigenvalue weighted by Crippen LogP contribution is -2.39. The van der Waals surface area contributed by atoms with Crippen molar-refractivity contribution in [1.82, 2.24) is 14.2 Å². The van der Waals surface area contributed by atoms with E-state index in [4.69, 9.17) is 19.2 Å². The van der Waals surface area contributed by atoms with Crippen molar-refractivity contribution in [2.24, 2.45) is 0 Å². The molecule has 0 atom stereocenters. The van der Waals surface area contributed by atoms with Crippen LogP contribution in [0.5, 0.6) is 5.75 Å².